The number of aryl methyl sites for hydroxylation is 1. The van der Waals surface area contributed by atoms with Gasteiger partial charge in [0.25, 0.3) is 0 Å². The van der Waals surface area contributed by atoms with Crippen molar-refractivity contribution in [3.63, 3.8) is 0 Å². The molecule has 1 heteroatoms. The number of hydrogen-bond acceptors (Lipinski definition) is 1. The largest absolute Gasteiger partial charge is 0.396 e. The molecule has 0 spiro atoms. The fourth-order valence-corrected chi connectivity index (χ4v) is 2.47. The molecule has 0 radical (unpaired) electrons. The minimum Gasteiger partial charge on any atom is -0.396 e. The van der Waals surface area contributed by atoms with Crippen LogP contribution < -0.4 is 0 Å². The Labute approximate surface area is 92.1 Å². The predicted molar refractivity (Wildman–Crippen MR) is 63.0 cm³/mol. The first-order valence-corrected chi connectivity index (χ1v) is 5.98. The van der Waals surface area contributed by atoms with E-state index >= 15 is 0 Å². The van der Waals surface area contributed by atoms with Crippen LogP contribution in [0.5, 0.6) is 0 Å². The molecule has 1 atom stereocenters. The van der Waals surface area contributed by atoms with Crippen LogP contribution in [0.4, 0.5) is 0 Å². The third-order valence-corrected chi connectivity index (χ3v) is 3.66. The van der Waals surface area contributed by atoms with E-state index in [0.29, 0.717) is 12.5 Å². The Kier molecular flexibility index (Phi) is 3.42. The molecule has 82 valence electrons. The normalized spacial score (nSPS) is 18.5. The average Bonchev–Trinajstić information content (AvgIpc) is 2.16. The number of rotatable bonds is 4. The smallest absolute Gasteiger partial charge is 0.0436 e. The fourth-order valence-electron chi connectivity index (χ4n) is 2.47. The first kappa shape index (κ1) is 10.7. The highest BCUT2D eigenvalue weighted by molar-refractivity contribution is 5.25. The maximum Gasteiger partial charge on any atom is 0.0436 e. The third kappa shape index (κ3) is 2.40. The molecular formula is C14H20O. The van der Waals surface area contributed by atoms with Crippen molar-refractivity contribution >= 4 is 0 Å². The second kappa shape index (κ2) is 4.80. The molecule has 1 saturated carbocycles. The van der Waals surface area contributed by atoms with Crippen LogP contribution in [0.3, 0.4) is 0 Å². The van der Waals surface area contributed by atoms with Gasteiger partial charge in [-0.2, -0.15) is 0 Å². The topological polar surface area (TPSA) is 20.2 Å². The summed E-state index contributed by atoms with van der Waals surface area (Å²) in [5.41, 5.74) is 2.73. The van der Waals surface area contributed by atoms with Gasteiger partial charge in [0.1, 0.15) is 0 Å². The molecule has 1 aromatic carbocycles. The van der Waals surface area contributed by atoms with E-state index in [-0.39, 0.29) is 0 Å². The zero-order valence-electron chi connectivity index (χ0n) is 9.45. The van der Waals surface area contributed by atoms with E-state index in [1.807, 2.05) is 0 Å². The summed E-state index contributed by atoms with van der Waals surface area (Å²) in [4.78, 5) is 0. The molecule has 1 fully saturated rings. The van der Waals surface area contributed by atoms with E-state index in [1.54, 1.807) is 0 Å². The van der Waals surface area contributed by atoms with Gasteiger partial charge in [-0.3, -0.25) is 0 Å². The van der Waals surface area contributed by atoms with Crippen molar-refractivity contribution in [2.75, 3.05) is 6.61 Å². The second-order valence-electron chi connectivity index (χ2n) is 4.72. The number of aliphatic hydroxyl groups is 1. The lowest BCUT2D eigenvalue weighted by Gasteiger charge is -2.34. The Bertz CT molecular complexity index is 298. The molecule has 1 aliphatic carbocycles. The van der Waals surface area contributed by atoms with Crippen LogP contribution in [-0.2, 0) is 0 Å². The van der Waals surface area contributed by atoms with Gasteiger partial charge in [0.2, 0.25) is 0 Å². The van der Waals surface area contributed by atoms with E-state index < -0.39 is 0 Å². The summed E-state index contributed by atoms with van der Waals surface area (Å²) in [6.45, 7) is 2.43. The summed E-state index contributed by atoms with van der Waals surface area (Å²) in [5, 5.41) is 9.12. The van der Waals surface area contributed by atoms with Crippen LogP contribution in [0, 0.1) is 12.8 Å². The lowest BCUT2D eigenvalue weighted by Crippen LogP contribution is -2.21. The lowest BCUT2D eigenvalue weighted by molar-refractivity contribution is 0.206. The highest BCUT2D eigenvalue weighted by Crippen LogP contribution is 2.41. The van der Waals surface area contributed by atoms with Crippen LogP contribution in [0.1, 0.15) is 42.7 Å². The first-order chi connectivity index (χ1) is 7.31. The zero-order valence-corrected chi connectivity index (χ0v) is 9.45. The molecule has 1 N–H and O–H groups in total. The number of aliphatic hydroxyl groups excluding tert-OH is 1. The van der Waals surface area contributed by atoms with Crippen LogP contribution in [0.15, 0.2) is 24.3 Å². The quantitative estimate of drug-likeness (QED) is 0.798. The second-order valence-corrected chi connectivity index (χ2v) is 4.72. The minimum atomic E-state index is 0.315. The van der Waals surface area contributed by atoms with Crippen LogP contribution in [-0.4, -0.2) is 11.7 Å². The van der Waals surface area contributed by atoms with Crippen molar-refractivity contribution in [3.05, 3.63) is 35.4 Å². The standard InChI is InChI=1S/C14H20O/c1-11-5-7-13(8-6-11)14(9-10-15)12-3-2-4-12/h5-8,12,14-15H,2-4,9-10H2,1H3. The van der Waals surface area contributed by atoms with Gasteiger partial charge in [-0.05, 0) is 43.6 Å². The van der Waals surface area contributed by atoms with Crippen molar-refractivity contribution in [2.24, 2.45) is 5.92 Å². The minimum absolute atomic E-state index is 0.315. The maximum atomic E-state index is 9.12. The molecular weight excluding hydrogens is 184 g/mol. The Morgan fingerprint density at radius 2 is 1.93 bits per heavy atom. The summed E-state index contributed by atoms with van der Waals surface area (Å²) in [6.07, 6.45) is 4.99. The first-order valence-electron chi connectivity index (χ1n) is 5.98. The fraction of sp³-hybridized carbons (Fsp3) is 0.571. The monoisotopic (exact) mass is 204 g/mol. The van der Waals surface area contributed by atoms with Gasteiger partial charge in [-0.15, -0.1) is 0 Å². The molecule has 0 aliphatic heterocycles. The van der Waals surface area contributed by atoms with Gasteiger partial charge >= 0.3 is 0 Å². The Morgan fingerprint density at radius 3 is 2.40 bits per heavy atom. The van der Waals surface area contributed by atoms with Gasteiger partial charge in [0.05, 0.1) is 0 Å². The Morgan fingerprint density at radius 1 is 1.27 bits per heavy atom. The molecule has 1 aliphatic rings. The molecule has 0 heterocycles. The number of benzene rings is 1. The van der Waals surface area contributed by atoms with Crippen molar-refractivity contribution < 1.29 is 5.11 Å². The van der Waals surface area contributed by atoms with Crippen molar-refractivity contribution in [1.29, 1.82) is 0 Å². The SMILES string of the molecule is Cc1ccc(C(CCO)C2CCC2)cc1. The summed E-state index contributed by atoms with van der Waals surface area (Å²) in [7, 11) is 0. The van der Waals surface area contributed by atoms with Gasteiger partial charge in [0, 0.05) is 6.61 Å². The molecule has 0 aromatic heterocycles. The van der Waals surface area contributed by atoms with Crippen LogP contribution >= 0.6 is 0 Å². The van der Waals surface area contributed by atoms with E-state index in [9.17, 15) is 0 Å². The molecule has 0 bridgehead atoms. The summed E-state index contributed by atoms with van der Waals surface area (Å²) < 4.78 is 0. The molecule has 1 nitrogen and oxygen atoms in total. The predicted octanol–water partition coefficient (Wildman–Crippen LogP) is 3.26. The summed E-state index contributed by atoms with van der Waals surface area (Å²) >= 11 is 0. The molecule has 1 unspecified atom stereocenters. The maximum absolute atomic E-state index is 9.12. The zero-order chi connectivity index (χ0) is 10.7. The third-order valence-electron chi connectivity index (χ3n) is 3.66. The van der Waals surface area contributed by atoms with E-state index in [0.717, 1.165) is 12.3 Å². The molecule has 15 heavy (non-hydrogen) atoms. The van der Waals surface area contributed by atoms with Gasteiger partial charge in [0.15, 0.2) is 0 Å². The molecule has 1 aromatic rings. The summed E-state index contributed by atoms with van der Waals surface area (Å²) in [5.74, 6) is 1.41. The van der Waals surface area contributed by atoms with Crippen molar-refractivity contribution in [3.8, 4) is 0 Å². The van der Waals surface area contributed by atoms with Crippen molar-refractivity contribution in [1.82, 2.24) is 0 Å². The van der Waals surface area contributed by atoms with Crippen molar-refractivity contribution in [2.45, 2.75) is 38.5 Å². The Balaban J connectivity index is 2.12. The van der Waals surface area contributed by atoms with Crippen LogP contribution in [0.2, 0.25) is 0 Å². The van der Waals surface area contributed by atoms with E-state index in [2.05, 4.69) is 31.2 Å². The Hall–Kier alpha value is -0.820. The lowest BCUT2D eigenvalue weighted by atomic mass is 9.72. The van der Waals surface area contributed by atoms with E-state index in [4.69, 9.17) is 5.11 Å². The molecule has 0 saturated heterocycles. The molecule has 2 rings (SSSR count). The summed E-state index contributed by atoms with van der Waals surface area (Å²) in [6, 6.07) is 8.82. The highest BCUT2D eigenvalue weighted by atomic mass is 16.3. The average molecular weight is 204 g/mol. The van der Waals surface area contributed by atoms with Crippen LogP contribution in [0.25, 0.3) is 0 Å². The van der Waals surface area contributed by atoms with Gasteiger partial charge in [-0.1, -0.05) is 36.2 Å². The molecule has 0 amide bonds. The highest BCUT2D eigenvalue weighted by Gasteiger charge is 2.27. The van der Waals surface area contributed by atoms with E-state index in [1.165, 1.54) is 30.4 Å². The number of hydrogen-bond donors (Lipinski definition) is 1. The van der Waals surface area contributed by atoms with Gasteiger partial charge < -0.3 is 5.11 Å². The van der Waals surface area contributed by atoms with Gasteiger partial charge in [-0.25, -0.2) is 0 Å².